The summed E-state index contributed by atoms with van der Waals surface area (Å²) in [5, 5.41) is 0. The molecule has 0 fully saturated rings. The molecule has 0 N–H and O–H groups in total. The van der Waals surface area contributed by atoms with Crippen LogP contribution in [0.5, 0.6) is 0 Å². The van der Waals surface area contributed by atoms with Crippen molar-refractivity contribution in [3.63, 3.8) is 0 Å². The van der Waals surface area contributed by atoms with Gasteiger partial charge in [0.15, 0.2) is 5.69 Å². The third-order valence-corrected chi connectivity index (χ3v) is 3.26. The number of rotatable bonds is 4. The summed E-state index contributed by atoms with van der Waals surface area (Å²) in [7, 11) is 0. The third kappa shape index (κ3) is 4.42. The number of carbonyl (C=O) groups is 1. The van der Waals surface area contributed by atoms with Gasteiger partial charge in [-0.2, -0.15) is 0 Å². The van der Waals surface area contributed by atoms with Crippen LogP contribution >= 0.6 is 11.8 Å². The first-order valence-corrected chi connectivity index (χ1v) is 7.28. The van der Waals surface area contributed by atoms with Crippen LogP contribution in [0.4, 0.5) is 0 Å². The molecule has 0 atom stereocenters. The van der Waals surface area contributed by atoms with Crippen LogP contribution < -0.4 is 0 Å². The Kier molecular flexibility index (Phi) is 4.49. The second kappa shape index (κ2) is 6.13. The zero-order valence-corrected chi connectivity index (χ0v) is 12.6. The molecule has 0 aliphatic heterocycles. The van der Waals surface area contributed by atoms with E-state index in [2.05, 4.69) is 4.98 Å². The topological polar surface area (TPSA) is 52.3 Å². The predicted molar refractivity (Wildman–Crippen MR) is 77.7 cm³/mol. The molecule has 0 aliphatic rings. The minimum Gasteiger partial charge on any atom is -0.455 e. The van der Waals surface area contributed by atoms with Crippen LogP contribution in [0.25, 0.3) is 0 Å². The number of carbonyl (C=O) groups excluding carboxylic acids is 1. The van der Waals surface area contributed by atoms with Gasteiger partial charge >= 0.3 is 5.97 Å². The van der Waals surface area contributed by atoms with Crippen LogP contribution in [0.1, 0.15) is 37.2 Å². The number of esters is 1. The average molecular weight is 291 g/mol. The highest BCUT2D eigenvalue weighted by atomic mass is 32.2. The van der Waals surface area contributed by atoms with Crippen molar-refractivity contribution in [3.05, 3.63) is 48.2 Å². The minimum absolute atomic E-state index is 0.212. The Morgan fingerprint density at radius 2 is 2.00 bits per heavy atom. The molecule has 20 heavy (non-hydrogen) atoms. The quantitative estimate of drug-likeness (QED) is 0.631. The van der Waals surface area contributed by atoms with Crippen molar-refractivity contribution >= 4 is 17.7 Å². The number of aromatic nitrogens is 1. The van der Waals surface area contributed by atoms with Crippen molar-refractivity contribution in [1.29, 1.82) is 0 Å². The SMILES string of the molecule is CC(C)(C)OC(=O)c1coc(CSc2ccccc2)n1. The molecule has 0 saturated heterocycles. The standard InChI is InChI=1S/C15H17NO3S/c1-15(2,3)19-14(17)12-9-18-13(16-12)10-20-11-7-5-4-6-8-11/h4-9H,10H2,1-3H3. The first-order valence-electron chi connectivity index (χ1n) is 6.30. The van der Waals surface area contributed by atoms with Gasteiger partial charge in [-0.15, -0.1) is 11.8 Å². The molecule has 5 heteroatoms. The Morgan fingerprint density at radius 1 is 1.30 bits per heavy atom. The van der Waals surface area contributed by atoms with E-state index in [4.69, 9.17) is 9.15 Å². The van der Waals surface area contributed by atoms with Crippen molar-refractivity contribution < 1.29 is 13.9 Å². The number of oxazole rings is 1. The molecule has 0 bridgehead atoms. The van der Waals surface area contributed by atoms with Crippen molar-refractivity contribution in [2.24, 2.45) is 0 Å². The number of benzene rings is 1. The molecule has 1 aromatic heterocycles. The van der Waals surface area contributed by atoms with Crippen LogP contribution in [0.15, 0.2) is 45.9 Å². The molecule has 0 amide bonds. The summed E-state index contributed by atoms with van der Waals surface area (Å²) in [6, 6.07) is 9.95. The molecular weight excluding hydrogens is 274 g/mol. The third-order valence-electron chi connectivity index (χ3n) is 2.27. The van der Waals surface area contributed by atoms with E-state index >= 15 is 0 Å². The fraction of sp³-hybridized carbons (Fsp3) is 0.333. The maximum Gasteiger partial charge on any atom is 0.360 e. The van der Waals surface area contributed by atoms with Crippen molar-refractivity contribution in [1.82, 2.24) is 4.98 Å². The second-order valence-corrected chi connectivity index (χ2v) is 6.28. The lowest BCUT2D eigenvalue weighted by Gasteiger charge is -2.18. The van der Waals surface area contributed by atoms with Gasteiger partial charge in [-0.25, -0.2) is 9.78 Å². The first-order chi connectivity index (χ1) is 9.44. The summed E-state index contributed by atoms with van der Waals surface area (Å²) >= 11 is 1.60. The van der Waals surface area contributed by atoms with E-state index in [0.717, 1.165) is 4.90 Å². The number of ether oxygens (including phenoxy) is 1. The fourth-order valence-electron chi connectivity index (χ4n) is 1.46. The summed E-state index contributed by atoms with van der Waals surface area (Å²) in [5.74, 6) is 0.629. The van der Waals surface area contributed by atoms with Crippen LogP contribution in [0.3, 0.4) is 0 Å². The predicted octanol–water partition coefficient (Wildman–Crippen LogP) is 3.92. The van der Waals surface area contributed by atoms with Crippen molar-refractivity contribution in [3.8, 4) is 0 Å². The lowest BCUT2D eigenvalue weighted by Crippen LogP contribution is -2.24. The van der Waals surface area contributed by atoms with Crippen LogP contribution in [0.2, 0.25) is 0 Å². The van der Waals surface area contributed by atoms with Crippen molar-refractivity contribution in [2.75, 3.05) is 0 Å². The lowest BCUT2D eigenvalue weighted by atomic mass is 10.2. The Hall–Kier alpha value is -1.75. The largest absolute Gasteiger partial charge is 0.455 e. The summed E-state index contributed by atoms with van der Waals surface area (Å²) in [6.07, 6.45) is 1.34. The van der Waals surface area contributed by atoms with Crippen LogP contribution in [-0.4, -0.2) is 16.6 Å². The highest BCUT2D eigenvalue weighted by molar-refractivity contribution is 7.98. The molecule has 2 aromatic rings. The number of thioether (sulfide) groups is 1. The molecule has 2 rings (SSSR count). The van der Waals surface area contributed by atoms with Gasteiger partial charge in [-0.1, -0.05) is 18.2 Å². The van der Waals surface area contributed by atoms with Gasteiger partial charge in [0.25, 0.3) is 0 Å². The molecule has 106 valence electrons. The van der Waals surface area contributed by atoms with Gasteiger partial charge in [0.05, 0.1) is 5.75 Å². The van der Waals surface area contributed by atoms with Gasteiger partial charge in [0, 0.05) is 4.90 Å². The Bertz CT molecular complexity index is 572. The molecule has 0 spiro atoms. The zero-order valence-electron chi connectivity index (χ0n) is 11.8. The Balaban J connectivity index is 1.94. The monoisotopic (exact) mass is 291 g/mol. The van der Waals surface area contributed by atoms with E-state index in [-0.39, 0.29) is 5.69 Å². The molecular formula is C15H17NO3S. The van der Waals surface area contributed by atoms with Crippen LogP contribution in [-0.2, 0) is 10.5 Å². The van der Waals surface area contributed by atoms with Gasteiger partial charge in [-0.3, -0.25) is 0 Å². The summed E-state index contributed by atoms with van der Waals surface area (Å²) in [4.78, 5) is 17.1. The van der Waals surface area contributed by atoms with Gasteiger partial charge in [-0.05, 0) is 32.9 Å². The van der Waals surface area contributed by atoms with Gasteiger partial charge < -0.3 is 9.15 Å². The van der Waals surface area contributed by atoms with Crippen molar-refractivity contribution in [2.45, 2.75) is 37.0 Å². The fourth-order valence-corrected chi connectivity index (χ4v) is 2.24. The molecule has 0 radical (unpaired) electrons. The molecule has 4 nitrogen and oxygen atoms in total. The Morgan fingerprint density at radius 3 is 2.65 bits per heavy atom. The lowest BCUT2D eigenvalue weighted by molar-refractivity contribution is 0.00628. The van der Waals surface area contributed by atoms with E-state index in [1.807, 2.05) is 51.1 Å². The van der Waals surface area contributed by atoms with Crippen LogP contribution in [0, 0.1) is 0 Å². The average Bonchev–Trinajstić information content (AvgIpc) is 2.84. The molecule has 0 unspecified atom stereocenters. The van der Waals surface area contributed by atoms with E-state index in [9.17, 15) is 4.79 Å². The highest BCUT2D eigenvalue weighted by Crippen LogP contribution is 2.22. The minimum atomic E-state index is -0.533. The maximum absolute atomic E-state index is 11.8. The number of hydrogen-bond acceptors (Lipinski definition) is 5. The van der Waals surface area contributed by atoms with E-state index in [1.165, 1.54) is 6.26 Å². The first kappa shape index (κ1) is 14.7. The van der Waals surface area contributed by atoms with E-state index in [1.54, 1.807) is 11.8 Å². The van der Waals surface area contributed by atoms with E-state index < -0.39 is 11.6 Å². The van der Waals surface area contributed by atoms with Gasteiger partial charge in [0.1, 0.15) is 11.9 Å². The number of hydrogen-bond donors (Lipinski definition) is 0. The summed E-state index contributed by atoms with van der Waals surface area (Å²) < 4.78 is 10.5. The second-order valence-electron chi connectivity index (χ2n) is 5.23. The molecule has 0 saturated carbocycles. The smallest absolute Gasteiger partial charge is 0.360 e. The Labute approximate surface area is 122 Å². The van der Waals surface area contributed by atoms with E-state index in [0.29, 0.717) is 11.6 Å². The normalized spacial score (nSPS) is 11.3. The maximum atomic E-state index is 11.8. The zero-order chi connectivity index (χ0) is 14.6. The summed E-state index contributed by atoms with van der Waals surface area (Å²) in [6.45, 7) is 5.45. The molecule has 0 aliphatic carbocycles. The summed E-state index contributed by atoms with van der Waals surface area (Å²) in [5.41, 5.74) is -0.321. The molecule has 1 heterocycles. The van der Waals surface area contributed by atoms with Gasteiger partial charge in [0.2, 0.25) is 5.89 Å². The number of nitrogens with zero attached hydrogens (tertiary/aromatic N) is 1. The highest BCUT2D eigenvalue weighted by Gasteiger charge is 2.20. The molecule has 1 aromatic carbocycles.